The van der Waals surface area contributed by atoms with Crippen LogP contribution in [0.3, 0.4) is 0 Å². The maximum Gasteiger partial charge on any atom is 0.329 e. The van der Waals surface area contributed by atoms with Crippen LogP contribution in [0.2, 0.25) is 0 Å². The molecular weight excluding hydrogens is 192 g/mol. The van der Waals surface area contributed by atoms with Gasteiger partial charge in [0.2, 0.25) is 0 Å². The topological polar surface area (TPSA) is 62.2 Å². The summed E-state index contributed by atoms with van der Waals surface area (Å²) < 4.78 is 0. The van der Waals surface area contributed by atoms with Gasteiger partial charge in [0.05, 0.1) is 5.69 Å². The molecule has 4 nitrogen and oxygen atoms in total. The van der Waals surface area contributed by atoms with E-state index >= 15 is 0 Å². The zero-order valence-corrected chi connectivity index (χ0v) is 8.60. The lowest BCUT2D eigenvalue weighted by Gasteiger charge is -2.25. The van der Waals surface area contributed by atoms with Crippen LogP contribution in [-0.2, 0) is 10.3 Å². The summed E-state index contributed by atoms with van der Waals surface area (Å²) in [7, 11) is 0. The van der Waals surface area contributed by atoms with Crippen molar-refractivity contribution in [3.8, 4) is 0 Å². The number of carboxylic acids is 1. The Morgan fingerprint density at radius 2 is 2.33 bits per heavy atom. The van der Waals surface area contributed by atoms with Gasteiger partial charge in [-0.15, -0.1) is 0 Å². The van der Waals surface area contributed by atoms with Crippen molar-refractivity contribution in [3.05, 3.63) is 30.1 Å². The summed E-state index contributed by atoms with van der Waals surface area (Å²) in [5, 5.41) is 12.4. The van der Waals surface area contributed by atoms with E-state index in [0.29, 0.717) is 11.7 Å². The van der Waals surface area contributed by atoms with Crippen LogP contribution < -0.4 is 5.32 Å². The highest BCUT2D eigenvalue weighted by molar-refractivity contribution is 5.79. The molecule has 0 spiro atoms. The fourth-order valence-electron chi connectivity index (χ4n) is 1.54. The molecule has 1 saturated carbocycles. The molecule has 1 fully saturated rings. The minimum Gasteiger partial charge on any atom is -0.480 e. The van der Waals surface area contributed by atoms with Crippen molar-refractivity contribution in [2.45, 2.75) is 31.3 Å². The molecule has 1 unspecified atom stereocenters. The summed E-state index contributed by atoms with van der Waals surface area (Å²) in [6.07, 6.45) is 3.72. The number of nitrogens with zero attached hydrogens (tertiary/aromatic N) is 1. The van der Waals surface area contributed by atoms with Crippen LogP contribution in [0.25, 0.3) is 0 Å². The molecule has 1 atom stereocenters. The number of rotatable bonds is 4. The Kier molecular flexibility index (Phi) is 2.44. The van der Waals surface area contributed by atoms with E-state index in [-0.39, 0.29) is 0 Å². The molecule has 80 valence electrons. The van der Waals surface area contributed by atoms with E-state index in [1.807, 2.05) is 0 Å². The van der Waals surface area contributed by atoms with Crippen LogP contribution in [0, 0.1) is 0 Å². The van der Waals surface area contributed by atoms with Crippen molar-refractivity contribution in [3.63, 3.8) is 0 Å². The van der Waals surface area contributed by atoms with Crippen molar-refractivity contribution in [2.75, 3.05) is 0 Å². The third kappa shape index (κ3) is 1.99. The fourth-order valence-corrected chi connectivity index (χ4v) is 1.54. The molecule has 0 aromatic carbocycles. The minimum absolute atomic E-state index is 0.327. The first-order valence-electron chi connectivity index (χ1n) is 5.05. The Bertz CT molecular complexity index is 362. The minimum atomic E-state index is -1.07. The van der Waals surface area contributed by atoms with Gasteiger partial charge in [0.25, 0.3) is 0 Å². The predicted molar refractivity (Wildman–Crippen MR) is 55.4 cm³/mol. The SMILES string of the molecule is CC(NC1CC1)(C(=O)O)c1ccccn1. The highest BCUT2D eigenvalue weighted by atomic mass is 16.4. The summed E-state index contributed by atoms with van der Waals surface area (Å²) in [6.45, 7) is 1.66. The number of aliphatic carboxylic acids is 1. The zero-order chi connectivity index (χ0) is 10.9. The normalized spacial score (nSPS) is 19.5. The van der Waals surface area contributed by atoms with Gasteiger partial charge in [-0.25, -0.2) is 4.79 Å². The van der Waals surface area contributed by atoms with Crippen molar-refractivity contribution in [1.29, 1.82) is 0 Å². The lowest BCUT2D eigenvalue weighted by molar-refractivity contribution is -0.144. The van der Waals surface area contributed by atoms with Crippen LogP contribution in [0.15, 0.2) is 24.4 Å². The molecular formula is C11H14N2O2. The maximum atomic E-state index is 11.3. The molecule has 1 aromatic heterocycles. The van der Waals surface area contributed by atoms with Gasteiger partial charge in [-0.3, -0.25) is 10.3 Å². The van der Waals surface area contributed by atoms with Crippen molar-refractivity contribution < 1.29 is 9.90 Å². The summed E-state index contributed by atoms with van der Waals surface area (Å²) in [6, 6.07) is 5.65. The Hall–Kier alpha value is -1.42. The van der Waals surface area contributed by atoms with Gasteiger partial charge in [-0.1, -0.05) is 6.07 Å². The average molecular weight is 206 g/mol. The second kappa shape index (κ2) is 3.62. The molecule has 15 heavy (non-hydrogen) atoms. The first-order valence-corrected chi connectivity index (χ1v) is 5.05. The summed E-state index contributed by atoms with van der Waals surface area (Å²) in [5.74, 6) is -0.881. The molecule has 0 aliphatic heterocycles. The van der Waals surface area contributed by atoms with Crippen molar-refractivity contribution in [1.82, 2.24) is 10.3 Å². The van der Waals surface area contributed by atoms with E-state index in [2.05, 4.69) is 10.3 Å². The van der Waals surface area contributed by atoms with Gasteiger partial charge in [-0.2, -0.15) is 0 Å². The van der Waals surface area contributed by atoms with E-state index in [4.69, 9.17) is 0 Å². The summed E-state index contributed by atoms with van der Waals surface area (Å²) >= 11 is 0. The lowest BCUT2D eigenvalue weighted by Crippen LogP contribution is -2.48. The number of carbonyl (C=O) groups is 1. The van der Waals surface area contributed by atoms with Gasteiger partial charge in [0, 0.05) is 12.2 Å². The largest absolute Gasteiger partial charge is 0.480 e. The smallest absolute Gasteiger partial charge is 0.329 e. The van der Waals surface area contributed by atoms with Gasteiger partial charge in [0.15, 0.2) is 5.54 Å². The molecule has 2 N–H and O–H groups in total. The zero-order valence-electron chi connectivity index (χ0n) is 8.60. The van der Waals surface area contributed by atoms with E-state index in [1.54, 1.807) is 31.3 Å². The van der Waals surface area contributed by atoms with Crippen LogP contribution in [-0.4, -0.2) is 22.1 Å². The molecule has 1 heterocycles. The van der Waals surface area contributed by atoms with Gasteiger partial charge in [-0.05, 0) is 31.9 Å². The second-order valence-electron chi connectivity index (χ2n) is 4.06. The molecule has 4 heteroatoms. The van der Waals surface area contributed by atoms with Crippen LogP contribution in [0.1, 0.15) is 25.5 Å². The Morgan fingerprint density at radius 3 is 2.80 bits per heavy atom. The monoisotopic (exact) mass is 206 g/mol. The standard InChI is InChI=1S/C11H14N2O2/c1-11(10(14)15,13-8-5-6-8)9-4-2-3-7-12-9/h2-4,7-8,13H,5-6H2,1H3,(H,14,15). The molecule has 0 amide bonds. The molecule has 1 aromatic rings. The average Bonchev–Trinajstić information content (AvgIpc) is 3.02. The van der Waals surface area contributed by atoms with Gasteiger partial charge in [0.1, 0.15) is 0 Å². The Labute approximate surface area is 88.3 Å². The predicted octanol–water partition coefficient (Wildman–Crippen LogP) is 1.13. The number of hydrogen-bond donors (Lipinski definition) is 2. The number of pyridine rings is 1. The number of aromatic nitrogens is 1. The Morgan fingerprint density at radius 1 is 1.60 bits per heavy atom. The summed E-state index contributed by atoms with van der Waals surface area (Å²) in [4.78, 5) is 15.4. The van der Waals surface area contributed by atoms with Crippen molar-refractivity contribution >= 4 is 5.97 Å². The van der Waals surface area contributed by atoms with E-state index in [9.17, 15) is 9.90 Å². The van der Waals surface area contributed by atoms with Crippen LogP contribution in [0.4, 0.5) is 0 Å². The highest BCUT2D eigenvalue weighted by Crippen LogP contribution is 2.27. The third-order valence-electron chi connectivity index (χ3n) is 2.68. The summed E-state index contributed by atoms with van der Waals surface area (Å²) in [5.41, 5.74) is -0.507. The lowest BCUT2D eigenvalue weighted by atomic mass is 9.97. The first-order chi connectivity index (χ1) is 7.13. The molecule has 2 rings (SSSR count). The van der Waals surface area contributed by atoms with Crippen molar-refractivity contribution in [2.24, 2.45) is 0 Å². The Balaban J connectivity index is 2.28. The maximum absolute atomic E-state index is 11.3. The van der Waals surface area contributed by atoms with E-state index < -0.39 is 11.5 Å². The number of nitrogens with one attached hydrogen (secondary N) is 1. The van der Waals surface area contributed by atoms with Crippen LogP contribution in [0.5, 0.6) is 0 Å². The third-order valence-corrected chi connectivity index (χ3v) is 2.68. The molecule has 1 aliphatic rings. The van der Waals surface area contributed by atoms with E-state index in [1.165, 1.54) is 0 Å². The number of hydrogen-bond acceptors (Lipinski definition) is 3. The molecule has 1 aliphatic carbocycles. The van der Waals surface area contributed by atoms with Gasteiger partial charge >= 0.3 is 5.97 Å². The molecule has 0 saturated heterocycles. The molecule has 0 bridgehead atoms. The van der Waals surface area contributed by atoms with E-state index in [0.717, 1.165) is 12.8 Å². The first kappa shape index (κ1) is 10.1. The fraction of sp³-hybridized carbons (Fsp3) is 0.455. The second-order valence-corrected chi connectivity index (χ2v) is 4.06. The quantitative estimate of drug-likeness (QED) is 0.775. The van der Waals surface area contributed by atoms with Crippen LogP contribution >= 0.6 is 0 Å². The highest BCUT2D eigenvalue weighted by Gasteiger charge is 2.40. The van der Waals surface area contributed by atoms with Gasteiger partial charge < -0.3 is 5.11 Å². The number of carboxylic acid groups (broad SMARTS) is 1. The molecule has 0 radical (unpaired) electrons.